The van der Waals surface area contributed by atoms with Crippen LogP contribution >= 0.6 is 0 Å². The molecule has 3 fully saturated rings. The molecular weight excluding hydrogens is 500 g/mol. The Kier molecular flexibility index (Phi) is 6.59. The van der Waals surface area contributed by atoms with Crippen molar-refractivity contribution in [2.75, 3.05) is 52.0 Å². The molecule has 11 heteroatoms. The molecule has 1 spiro atoms. The van der Waals surface area contributed by atoms with Crippen LogP contribution in [0.4, 0.5) is 10.6 Å². The van der Waals surface area contributed by atoms with E-state index in [4.69, 9.17) is 19.2 Å². The molecule has 3 aromatic rings. The molecule has 1 aromatic carbocycles. The fourth-order valence-electron chi connectivity index (χ4n) is 5.73. The van der Waals surface area contributed by atoms with E-state index in [-0.39, 0.29) is 17.9 Å². The predicted molar refractivity (Wildman–Crippen MR) is 143 cm³/mol. The van der Waals surface area contributed by atoms with Crippen LogP contribution in [-0.2, 0) is 16.1 Å². The number of hydrogen-bond donors (Lipinski definition) is 1. The molecule has 0 aliphatic carbocycles. The second kappa shape index (κ2) is 10.2. The minimum absolute atomic E-state index is 0.0425. The van der Waals surface area contributed by atoms with Crippen molar-refractivity contribution in [2.24, 2.45) is 5.92 Å². The van der Waals surface area contributed by atoms with Gasteiger partial charge in [-0.3, -0.25) is 14.8 Å². The summed E-state index contributed by atoms with van der Waals surface area (Å²) in [5.41, 5.74) is 2.18. The van der Waals surface area contributed by atoms with Gasteiger partial charge in [-0.25, -0.2) is 4.79 Å². The van der Waals surface area contributed by atoms with Crippen molar-refractivity contribution < 1.29 is 23.8 Å². The van der Waals surface area contributed by atoms with Crippen molar-refractivity contribution in [3.8, 4) is 22.8 Å². The molecule has 3 saturated heterocycles. The zero-order valence-electron chi connectivity index (χ0n) is 22.1. The highest BCUT2D eigenvalue weighted by molar-refractivity contribution is 5.95. The average Bonchev–Trinajstić information content (AvgIpc) is 3.56. The highest BCUT2D eigenvalue weighted by atomic mass is 16.5. The number of likely N-dealkylation sites (tertiary alicyclic amines) is 1. The summed E-state index contributed by atoms with van der Waals surface area (Å²) in [6.07, 6.45) is 4.84. The van der Waals surface area contributed by atoms with Crippen LogP contribution in [-0.4, -0.2) is 89.5 Å². The van der Waals surface area contributed by atoms with Gasteiger partial charge in [0.15, 0.2) is 0 Å². The lowest BCUT2D eigenvalue weighted by molar-refractivity contribution is -0.152. The number of rotatable bonds is 7. The molecule has 2 aromatic heterocycles. The molecule has 0 atom stereocenters. The number of aromatic nitrogens is 3. The first-order chi connectivity index (χ1) is 19.0. The van der Waals surface area contributed by atoms with Gasteiger partial charge >= 0.3 is 6.03 Å². The van der Waals surface area contributed by atoms with Gasteiger partial charge < -0.3 is 24.0 Å². The van der Waals surface area contributed by atoms with Crippen molar-refractivity contribution >= 4 is 17.8 Å². The lowest BCUT2D eigenvalue weighted by Gasteiger charge is -2.45. The molecule has 3 aliphatic rings. The Labute approximate surface area is 226 Å². The Morgan fingerprint density at radius 3 is 2.64 bits per heavy atom. The standard InChI is InChI=1S/C28H32N6O5/c1-37-22-5-3-4-19(12-22)15-34-27(36)33(24-7-6-23(25(31-24)38-2)20-13-29-30-14-20)18-28(34)8-10-32(11-9-28)26(35)21-16-39-17-21/h3-7,12-14,21H,8-11,15-18H2,1-2H3,(H,29,30). The van der Waals surface area contributed by atoms with E-state index in [0.29, 0.717) is 63.9 Å². The summed E-state index contributed by atoms with van der Waals surface area (Å²) in [6.45, 7) is 3.10. The third-order valence-electron chi connectivity index (χ3n) is 8.08. The number of urea groups is 1. The summed E-state index contributed by atoms with van der Waals surface area (Å²) in [6, 6.07) is 11.4. The molecule has 0 bridgehead atoms. The summed E-state index contributed by atoms with van der Waals surface area (Å²) in [5, 5.41) is 6.83. The van der Waals surface area contributed by atoms with Gasteiger partial charge in [-0.1, -0.05) is 12.1 Å². The molecule has 1 N–H and O–H groups in total. The highest BCUT2D eigenvalue weighted by Crippen LogP contribution is 2.41. The third kappa shape index (κ3) is 4.56. The van der Waals surface area contributed by atoms with Crippen LogP contribution in [0.5, 0.6) is 11.6 Å². The van der Waals surface area contributed by atoms with E-state index in [1.54, 1.807) is 31.5 Å². The lowest BCUT2D eigenvalue weighted by atomic mass is 9.85. The van der Waals surface area contributed by atoms with E-state index in [2.05, 4.69) is 10.2 Å². The number of nitrogens with zero attached hydrogens (tertiary/aromatic N) is 5. The van der Waals surface area contributed by atoms with Crippen molar-refractivity contribution in [1.29, 1.82) is 0 Å². The molecule has 6 rings (SSSR count). The van der Waals surface area contributed by atoms with Gasteiger partial charge in [0.1, 0.15) is 11.6 Å². The topological polar surface area (TPSA) is 113 Å². The van der Waals surface area contributed by atoms with E-state index in [1.807, 2.05) is 46.2 Å². The Morgan fingerprint density at radius 2 is 1.97 bits per heavy atom. The average molecular weight is 533 g/mol. The third-order valence-corrected chi connectivity index (χ3v) is 8.08. The van der Waals surface area contributed by atoms with Gasteiger partial charge in [-0.05, 0) is 42.7 Å². The summed E-state index contributed by atoms with van der Waals surface area (Å²) >= 11 is 0. The molecule has 5 heterocycles. The van der Waals surface area contributed by atoms with Gasteiger partial charge in [-0.2, -0.15) is 10.1 Å². The number of carbonyl (C=O) groups excluding carboxylic acids is 2. The SMILES string of the molecule is COc1cccc(CN2C(=O)N(c3ccc(-c4cn[nH]c4)c(OC)n3)CC23CCN(C(=O)C2COC2)CC3)c1. The second-order valence-corrected chi connectivity index (χ2v) is 10.3. The summed E-state index contributed by atoms with van der Waals surface area (Å²) in [5.74, 6) is 1.80. The number of nitrogens with one attached hydrogen (secondary N) is 1. The largest absolute Gasteiger partial charge is 0.497 e. The van der Waals surface area contributed by atoms with E-state index < -0.39 is 5.54 Å². The van der Waals surface area contributed by atoms with Crippen LogP contribution in [0.25, 0.3) is 11.1 Å². The number of H-pyrrole nitrogens is 1. The van der Waals surface area contributed by atoms with E-state index in [9.17, 15) is 9.59 Å². The van der Waals surface area contributed by atoms with Crippen molar-refractivity contribution in [2.45, 2.75) is 24.9 Å². The molecule has 0 unspecified atom stereocenters. The number of methoxy groups -OCH3 is 2. The predicted octanol–water partition coefficient (Wildman–Crippen LogP) is 2.94. The van der Waals surface area contributed by atoms with E-state index in [1.165, 1.54) is 0 Å². The minimum atomic E-state index is -0.439. The molecule has 3 amide bonds. The Hall–Kier alpha value is -4.12. The normalized spacial score (nSPS) is 18.9. The van der Waals surface area contributed by atoms with Crippen LogP contribution < -0.4 is 14.4 Å². The van der Waals surface area contributed by atoms with Crippen LogP contribution in [0.15, 0.2) is 48.8 Å². The highest BCUT2D eigenvalue weighted by Gasteiger charge is 2.52. The summed E-state index contributed by atoms with van der Waals surface area (Å²) in [7, 11) is 3.20. The number of carbonyl (C=O) groups is 2. The summed E-state index contributed by atoms with van der Waals surface area (Å²) < 4.78 is 16.2. The van der Waals surface area contributed by atoms with Crippen molar-refractivity contribution in [3.63, 3.8) is 0 Å². The van der Waals surface area contributed by atoms with Crippen LogP contribution in [0.2, 0.25) is 0 Å². The second-order valence-electron chi connectivity index (χ2n) is 10.3. The van der Waals surface area contributed by atoms with E-state index in [0.717, 1.165) is 22.4 Å². The zero-order chi connectivity index (χ0) is 27.0. The molecule has 11 nitrogen and oxygen atoms in total. The lowest BCUT2D eigenvalue weighted by Crippen LogP contribution is -2.57. The number of piperidine rings is 1. The number of pyridine rings is 1. The maximum atomic E-state index is 14.1. The first-order valence-corrected chi connectivity index (χ1v) is 13.1. The maximum absolute atomic E-state index is 14.1. The Morgan fingerprint density at radius 1 is 1.15 bits per heavy atom. The van der Waals surface area contributed by atoms with E-state index >= 15 is 0 Å². The number of aromatic amines is 1. The fourth-order valence-corrected chi connectivity index (χ4v) is 5.73. The zero-order valence-corrected chi connectivity index (χ0v) is 22.1. The Bertz CT molecular complexity index is 1350. The number of benzene rings is 1. The quantitative estimate of drug-likeness (QED) is 0.498. The Balaban J connectivity index is 1.30. The number of ether oxygens (including phenoxy) is 3. The number of hydrogen-bond acceptors (Lipinski definition) is 7. The molecule has 3 aliphatic heterocycles. The van der Waals surface area contributed by atoms with Gasteiger partial charge in [0.25, 0.3) is 0 Å². The molecule has 204 valence electrons. The molecule has 0 saturated carbocycles. The van der Waals surface area contributed by atoms with Crippen LogP contribution in [0.1, 0.15) is 18.4 Å². The van der Waals surface area contributed by atoms with Crippen molar-refractivity contribution in [3.05, 3.63) is 54.4 Å². The first-order valence-electron chi connectivity index (χ1n) is 13.1. The smallest absolute Gasteiger partial charge is 0.326 e. The number of amides is 3. The fraction of sp³-hybridized carbons (Fsp3) is 0.429. The van der Waals surface area contributed by atoms with Crippen LogP contribution in [0, 0.1) is 5.92 Å². The minimum Gasteiger partial charge on any atom is -0.497 e. The molecule has 0 radical (unpaired) electrons. The molecule has 39 heavy (non-hydrogen) atoms. The van der Waals surface area contributed by atoms with Crippen LogP contribution in [0.3, 0.4) is 0 Å². The van der Waals surface area contributed by atoms with Crippen molar-refractivity contribution in [1.82, 2.24) is 25.0 Å². The van der Waals surface area contributed by atoms with Gasteiger partial charge in [0.2, 0.25) is 11.8 Å². The monoisotopic (exact) mass is 532 g/mol. The van der Waals surface area contributed by atoms with Gasteiger partial charge in [-0.15, -0.1) is 0 Å². The maximum Gasteiger partial charge on any atom is 0.326 e. The molecular formula is C28H32N6O5. The number of anilines is 1. The van der Waals surface area contributed by atoms with Gasteiger partial charge in [0, 0.05) is 37.0 Å². The summed E-state index contributed by atoms with van der Waals surface area (Å²) in [4.78, 5) is 37.3. The van der Waals surface area contributed by atoms with Gasteiger partial charge in [0.05, 0.1) is 51.6 Å². The first kappa shape index (κ1) is 25.2.